The van der Waals surface area contributed by atoms with Crippen LogP contribution in [0.25, 0.3) is 10.9 Å². The first kappa shape index (κ1) is 12.3. The third kappa shape index (κ3) is 2.14. The number of pyridine rings is 1. The Hall–Kier alpha value is -2.69. The third-order valence-corrected chi connectivity index (χ3v) is 3.27. The van der Waals surface area contributed by atoms with Gasteiger partial charge in [-0.1, -0.05) is 0 Å². The normalized spacial score (nSPS) is 10.7. The molecule has 0 aliphatic heterocycles. The van der Waals surface area contributed by atoms with Crippen LogP contribution >= 0.6 is 0 Å². The summed E-state index contributed by atoms with van der Waals surface area (Å²) in [6, 6.07) is 7.31. The first-order valence-electron chi connectivity index (χ1n) is 6.28. The second-order valence-electron chi connectivity index (χ2n) is 4.67. The molecule has 0 saturated heterocycles. The molecule has 5 heteroatoms. The Morgan fingerprint density at radius 1 is 1.00 bits per heavy atom. The molecule has 0 amide bonds. The fourth-order valence-corrected chi connectivity index (χ4v) is 2.02. The van der Waals surface area contributed by atoms with E-state index in [1.807, 2.05) is 19.1 Å². The van der Waals surface area contributed by atoms with Gasteiger partial charge in [0.1, 0.15) is 12.1 Å². The summed E-state index contributed by atoms with van der Waals surface area (Å²) in [6.45, 7) is 4.10. The van der Waals surface area contributed by atoms with Crippen LogP contribution in [0.4, 0.5) is 11.6 Å². The summed E-state index contributed by atoms with van der Waals surface area (Å²) in [5.41, 5.74) is 3.21. The van der Waals surface area contributed by atoms with Gasteiger partial charge in [-0.05, 0) is 49.2 Å². The predicted octanol–water partition coefficient (Wildman–Crippen LogP) is 3.09. The molecule has 20 heavy (non-hydrogen) atoms. The lowest BCUT2D eigenvalue weighted by molar-refractivity contribution is 0.475. The number of fused-ring (bicyclic) bond motifs is 1. The van der Waals surface area contributed by atoms with Gasteiger partial charge in [-0.3, -0.25) is 0 Å². The number of aromatic hydroxyl groups is 1. The van der Waals surface area contributed by atoms with Crippen LogP contribution in [0.3, 0.4) is 0 Å². The van der Waals surface area contributed by atoms with Crippen LogP contribution in [0.1, 0.15) is 11.1 Å². The zero-order valence-corrected chi connectivity index (χ0v) is 11.3. The van der Waals surface area contributed by atoms with Gasteiger partial charge < -0.3 is 10.4 Å². The van der Waals surface area contributed by atoms with Gasteiger partial charge in [-0.15, -0.1) is 0 Å². The largest absolute Gasteiger partial charge is 0.504 e. The van der Waals surface area contributed by atoms with E-state index < -0.39 is 0 Å². The Labute approximate surface area is 116 Å². The number of nitrogens with zero attached hydrogens (tertiary/aromatic N) is 3. The van der Waals surface area contributed by atoms with Crippen molar-refractivity contribution in [2.45, 2.75) is 13.8 Å². The Morgan fingerprint density at radius 2 is 1.80 bits per heavy atom. The van der Waals surface area contributed by atoms with Gasteiger partial charge in [0.15, 0.2) is 11.6 Å². The van der Waals surface area contributed by atoms with Gasteiger partial charge in [-0.2, -0.15) is 0 Å². The zero-order valence-electron chi connectivity index (χ0n) is 11.3. The van der Waals surface area contributed by atoms with Gasteiger partial charge >= 0.3 is 0 Å². The van der Waals surface area contributed by atoms with E-state index in [1.54, 1.807) is 18.3 Å². The van der Waals surface area contributed by atoms with Crippen molar-refractivity contribution in [2.75, 3.05) is 5.32 Å². The fraction of sp³-hybridized carbons (Fsp3) is 0.133. The Kier molecular flexibility index (Phi) is 2.95. The second-order valence-corrected chi connectivity index (χ2v) is 4.67. The lowest BCUT2D eigenvalue weighted by Gasteiger charge is -2.10. The van der Waals surface area contributed by atoms with Crippen LogP contribution in [0, 0.1) is 13.8 Å². The topological polar surface area (TPSA) is 70.9 Å². The molecular weight excluding hydrogens is 252 g/mol. The lowest BCUT2D eigenvalue weighted by atomic mass is 10.1. The molecule has 0 atom stereocenters. The van der Waals surface area contributed by atoms with Crippen LogP contribution in [0.5, 0.6) is 5.75 Å². The van der Waals surface area contributed by atoms with E-state index in [4.69, 9.17) is 0 Å². The van der Waals surface area contributed by atoms with Crippen LogP contribution in [-0.4, -0.2) is 20.1 Å². The Balaban J connectivity index is 2.12. The van der Waals surface area contributed by atoms with Crippen molar-refractivity contribution in [1.29, 1.82) is 0 Å². The molecule has 0 fully saturated rings. The SMILES string of the molecule is Cc1cc2ncnc(Nc3ncccc3O)c2cc1C. The highest BCUT2D eigenvalue weighted by Crippen LogP contribution is 2.27. The standard InChI is InChI=1S/C15H14N4O/c1-9-6-11-12(7-10(9)2)17-8-18-14(11)19-15-13(20)4-3-5-16-15/h3-8,20H,1-2H3,(H,16,17,18,19). The van der Waals surface area contributed by atoms with Crippen molar-refractivity contribution < 1.29 is 5.11 Å². The van der Waals surface area contributed by atoms with Crippen LogP contribution < -0.4 is 5.32 Å². The van der Waals surface area contributed by atoms with Crippen LogP contribution in [0.15, 0.2) is 36.8 Å². The minimum absolute atomic E-state index is 0.0862. The summed E-state index contributed by atoms with van der Waals surface area (Å²) < 4.78 is 0. The van der Waals surface area contributed by atoms with E-state index in [9.17, 15) is 5.11 Å². The molecule has 2 N–H and O–H groups in total. The number of aryl methyl sites for hydroxylation is 2. The molecule has 0 spiro atoms. The van der Waals surface area contributed by atoms with Gasteiger partial charge in [-0.25, -0.2) is 15.0 Å². The molecule has 100 valence electrons. The van der Waals surface area contributed by atoms with Gasteiger partial charge in [0.2, 0.25) is 0 Å². The fourth-order valence-electron chi connectivity index (χ4n) is 2.02. The number of hydrogen-bond acceptors (Lipinski definition) is 5. The molecule has 0 aliphatic rings. The molecule has 0 saturated carbocycles. The average molecular weight is 266 g/mol. The minimum Gasteiger partial charge on any atom is -0.504 e. The number of anilines is 2. The Bertz CT molecular complexity index is 786. The van der Waals surface area contributed by atoms with Crippen LogP contribution in [0.2, 0.25) is 0 Å². The number of rotatable bonds is 2. The first-order valence-corrected chi connectivity index (χ1v) is 6.28. The summed E-state index contributed by atoms with van der Waals surface area (Å²) >= 11 is 0. The monoisotopic (exact) mass is 266 g/mol. The predicted molar refractivity (Wildman–Crippen MR) is 78.2 cm³/mol. The molecule has 0 bridgehead atoms. The number of hydrogen-bond donors (Lipinski definition) is 2. The second kappa shape index (κ2) is 4.77. The number of aromatic nitrogens is 3. The summed E-state index contributed by atoms with van der Waals surface area (Å²) in [4.78, 5) is 12.6. The van der Waals surface area contributed by atoms with E-state index in [2.05, 4.69) is 27.2 Å². The van der Waals surface area contributed by atoms with Crippen molar-refractivity contribution in [3.05, 3.63) is 47.9 Å². The average Bonchev–Trinajstić information content (AvgIpc) is 2.43. The van der Waals surface area contributed by atoms with Gasteiger partial charge in [0.05, 0.1) is 5.52 Å². The summed E-state index contributed by atoms with van der Waals surface area (Å²) in [5.74, 6) is 1.10. The van der Waals surface area contributed by atoms with Crippen molar-refractivity contribution in [1.82, 2.24) is 15.0 Å². The highest BCUT2D eigenvalue weighted by molar-refractivity contribution is 5.91. The van der Waals surface area contributed by atoms with E-state index in [-0.39, 0.29) is 5.75 Å². The summed E-state index contributed by atoms with van der Waals surface area (Å²) in [6.07, 6.45) is 3.11. The van der Waals surface area contributed by atoms with Gasteiger partial charge in [0.25, 0.3) is 0 Å². The van der Waals surface area contributed by atoms with Crippen molar-refractivity contribution >= 4 is 22.5 Å². The molecule has 0 unspecified atom stereocenters. The maximum absolute atomic E-state index is 9.77. The first-order chi connectivity index (χ1) is 9.65. The maximum Gasteiger partial charge on any atom is 0.174 e. The maximum atomic E-state index is 9.77. The highest BCUT2D eigenvalue weighted by Gasteiger charge is 2.08. The number of benzene rings is 1. The van der Waals surface area contributed by atoms with Crippen molar-refractivity contribution in [3.8, 4) is 5.75 Å². The van der Waals surface area contributed by atoms with Crippen molar-refractivity contribution in [3.63, 3.8) is 0 Å². The van der Waals surface area contributed by atoms with E-state index >= 15 is 0 Å². The molecule has 1 aromatic carbocycles. The quantitative estimate of drug-likeness (QED) is 0.745. The summed E-state index contributed by atoms with van der Waals surface area (Å²) in [5, 5.41) is 13.7. The van der Waals surface area contributed by atoms with Crippen molar-refractivity contribution in [2.24, 2.45) is 0 Å². The van der Waals surface area contributed by atoms with Gasteiger partial charge in [0, 0.05) is 11.6 Å². The molecule has 0 radical (unpaired) electrons. The molecule has 5 nitrogen and oxygen atoms in total. The molecule has 3 aromatic rings. The lowest BCUT2D eigenvalue weighted by Crippen LogP contribution is -1.98. The van der Waals surface area contributed by atoms with E-state index in [1.165, 1.54) is 17.5 Å². The van der Waals surface area contributed by atoms with E-state index in [0.29, 0.717) is 11.6 Å². The zero-order chi connectivity index (χ0) is 14.1. The molecular formula is C15H14N4O. The van der Waals surface area contributed by atoms with E-state index in [0.717, 1.165) is 10.9 Å². The highest BCUT2D eigenvalue weighted by atomic mass is 16.3. The third-order valence-electron chi connectivity index (χ3n) is 3.27. The summed E-state index contributed by atoms with van der Waals surface area (Å²) in [7, 11) is 0. The molecule has 3 rings (SSSR count). The number of nitrogens with one attached hydrogen (secondary N) is 1. The Morgan fingerprint density at radius 3 is 2.60 bits per heavy atom. The molecule has 2 aromatic heterocycles. The minimum atomic E-state index is 0.0862. The molecule has 0 aliphatic carbocycles. The van der Waals surface area contributed by atoms with Crippen LogP contribution in [-0.2, 0) is 0 Å². The molecule has 2 heterocycles. The smallest absolute Gasteiger partial charge is 0.174 e.